The fourth-order valence-electron chi connectivity index (χ4n) is 3.99. The Labute approximate surface area is 211 Å². The molecule has 188 valence electrons. The summed E-state index contributed by atoms with van der Waals surface area (Å²) in [4.78, 5) is 46.6. The highest BCUT2D eigenvalue weighted by Crippen LogP contribution is 2.16. The maximum atomic E-state index is 13.2. The van der Waals surface area contributed by atoms with Crippen LogP contribution >= 0.6 is 0 Å². The van der Waals surface area contributed by atoms with Crippen LogP contribution in [0.5, 0.6) is 0 Å². The molecule has 3 aromatic rings. The van der Waals surface area contributed by atoms with E-state index in [1.807, 2.05) is 50.2 Å². The number of carboxylic acid groups (broad SMARTS) is 1. The maximum absolute atomic E-state index is 13.2. The molecular weight excluding hydrogens is 456 g/mol. The predicted octanol–water partition coefficient (Wildman–Crippen LogP) is 3.99. The van der Waals surface area contributed by atoms with Crippen LogP contribution in [0.2, 0.25) is 0 Å². The van der Waals surface area contributed by atoms with E-state index in [4.69, 9.17) is 0 Å². The number of aliphatic carboxylic acids is 1. The minimum atomic E-state index is -1.03. The van der Waals surface area contributed by atoms with Gasteiger partial charge in [0.25, 0.3) is 5.91 Å². The molecule has 0 fully saturated rings. The van der Waals surface area contributed by atoms with Crippen LogP contribution in [0.4, 0.5) is 5.95 Å². The summed E-state index contributed by atoms with van der Waals surface area (Å²) in [5.74, 6) is -2.07. The topological polar surface area (TPSA) is 121 Å². The number of Topliss-reactive ketones (excluding diaryl/α,β-unsaturated/α-hetero) is 1. The Morgan fingerprint density at radius 2 is 1.53 bits per heavy atom. The number of aryl methyl sites for hydroxylation is 2. The zero-order valence-electron chi connectivity index (χ0n) is 20.6. The van der Waals surface area contributed by atoms with Crippen molar-refractivity contribution in [1.29, 1.82) is 0 Å². The fraction of sp³-hybridized carbons (Fsp3) is 0.321. The zero-order valence-corrected chi connectivity index (χ0v) is 20.6. The van der Waals surface area contributed by atoms with Crippen LogP contribution in [-0.4, -0.2) is 45.3 Å². The lowest BCUT2D eigenvalue weighted by molar-refractivity contribution is -0.144. The van der Waals surface area contributed by atoms with Crippen molar-refractivity contribution >= 4 is 23.6 Å². The summed E-state index contributed by atoms with van der Waals surface area (Å²) >= 11 is 0. The van der Waals surface area contributed by atoms with Gasteiger partial charge >= 0.3 is 5.97 Å². The molecule has 3 rings (SSSR count). The Morgan fingerprint density at radius 3 is 2.14 bits per heavy atom. The van der Waals surface area contributed by atoms with Gasteiger partial charge in [-0.1, -0.05) is 48.5 Å². The summed E-state index contributed by atoms with van der Waals surface area (Å²) in [6, 6.07) is 18.9. The molecule has 1 heterocycles. The number of aromatic nitrogens is 2. The lowest BCUT2D eigenvalue weighted by atomic mass is 9.91. The van der Waals surface area contributed by atoms with E-state index in [-0.39, 0.29) is 24.5 Å². The molecule has 0 spiro atoms. The molecular formula is C28H32N4O4. The first kappa shape index (κ1) is 26.5. The van der Waals surface area contributed by atoms with Crippen LogP contribution in [0, 0.1) is 19.8 Å². The summed E-state index contributed by atoms with van der Waals surface area (Å²) in [5, 5.41) is 15.7. The molecule has 0 radical (unpaired) electrons. The van der Waals surface area contributed by atoms with E-state index in [1.54, 1.807) is 30.3 Å². The van der Waals surface area contributed by atoms with Crippen molar-refractivity contribution < 1.29 is 19.5 Å². The van der Waals surface area contributed by atoms with Gasteiger partial charge in [0.2, 0.25) is 5.95 Å². The van der Waals surface area contributed by atoms with Crippen molar-refractivity contribution in [2.75, 3.05) is 11.9 Å². The minimum absolute atomic E-state index is 0.169. The molecule has 36 heavy (non-hydrogen) atoms. The third-order valence-corrected chi connectivity index (χ3v) is 5.79. The van der Waals surface area contributed by atoms with Gasteiger partial charge in [-0.25, -0.2) is 9.97 Å². The number of ketones is 1. The van der Waals surface area contributed by atoms with E-state index >= 15 is 0 Å². The van der Waals surface area contributed by atoms with E-state index in [9.17, 15) is 19.5 Å². The number of carbonyl (C=O) groups is 3. The first-order valence-corrected chi connectivity index (χ1v) is 12.0. The number of nitrogens with one attached hydrogen (secondary N) is 2. The van der Waals surface area contributed by atoms with Crippen LogP contribution < -0.4 is 10.6 Å². The van der Waals surface area contributed by atoms with Crippen molar-refractivity contribution in [3.05, 3.63) is 89.2 Å². The van der Waals surface area contributed by atoms with E-state index in [1.165, 1.54) is 0 Å². The number of benzene rings is 2. The summed E-state index contributed by atoms with van der Waals surface area (Å²) in [6.45, 7) is 4.28. The van der Waals surface area contributed by atoms with Crippen molar-refractivity contribution in [3.63, 3.8) is 0 Å². The van der Waals surface area contributed by atoms with Crippen LogP contribution in [0.25, 0.3) is 0 Å². The smallest absolute Gasteiger partial charge is 0.307 e. The van der Waals surface area contributed by atoms with Crippen LogP contribution in [-0.2, 0) is 16.0 Å². The lowest BCUT2D eigenvalue weighted by Crippen LogP contribution is -2.42. The van der Waals surface area contributed by atoms with Crippen molar-refractivity contribution in [3.8, 4) is 0 Å². The number of carbonyl (C=O) groups excluding carboxylic acids is 2. The lowest BCUT2D eigenvalue weighted by Gasteiger charge is -2.20. The monoisotopic (exact) mass is 488 g/mol. The number of nitrogens with zero attached hydrogens (tertiary/aromatic N) is 2. The molecule has 2 atom stereocenters. The average molecular weight is 489 g/mol. The molecule has 1 aromatic heterocycles. The summed E-state index contributed by atoms with van der Waals surface area (Å²) in [6.07, 6.45) is 0.982. The van der Waals surface area contributed by atoms with Gasteiger partial charge < -0.3 is 15.7 Å². The second kappa shape index (κ2) is 13.1. The number of carboxylic acids is 1. The quantitative estimate of drug-likeness (QED) is 0.311. The summed E-state index contributed by atoms with van der Waals surface area (Å²) in [5.41, 5.74) is 2.99. The Morgan fingerprint density at radius 1 is 0.917 bits per heavy atom. The second-order valence-corrected chi connectivity index (χ2v) is 8.83. The first-order chi connectivity index (χ1) is 17.3. The Kier molecular flexibility index (Phi) is 9.68. The predicted molar refractivity (Wildman–Crippen MR) is 138 cm³/mol. The fourth-order valence-corrected chi connectivity index (χ4v) is 3.99. The van der Waals surface area contributed by atoms with Gasteiger partial charge in [-0.15, -0.1) is 0 Å². The molecule has 2 aromatic carbocycles. The maximum Gasteiger partial charge on any atom is 0.307 e. The molecule has 0 saturated carbocycles. The normalized spacial score (nSPS) is 12.4. The van der Waals surface area contributed by atoms with E-state index in [2.05, 4.69) is 20.6 Å². The van der Waals surface area contributed by atoms with E-state index in [0.29, 0.717) is 30.9 Å². The molecule has 0 aliphatic carbocycles. The van der Waals surface area contributed by atoms with Crippen molar-refractivity contribution in [2.24, 2.45) is 5.92 Å². The van der Waals surface area contributed by atoms with Gasteiger partial charge in [0.05, 0.1) is 12.0 Å². The molecule has 0 aliphatic rings. The molecule has 1 amide bonds. The van der Waals surface area contributed by atoms with Gasteiger partial charge in [-0.3, -0.25) is 14.4 Å². The molecule has 8 nitrogen and oxygen atoms in total. The molecule has 2 unspecified atom stereocenters. The van der Waals surface area contributed by atoms with Gasteiger partial charge in [-0.05, 0) is 56.9 Å². The number of hydrogen-bond acceptors (Lipinski definition) is 6. The van der Waals surface area contributed by atoms with Crippen molar-refractivity contribution in [1.82, 2.24) is 15.3 Å². The Bertz CT molecular complexity index is 1150. The van der Waals surface area contributed by atoms with E-state index < -0.39 is 17.9 Å². The van der Waals surface area contributed by atoms with Crippen LogP contribution in [0.3, 0.4) is 0 Å². The SMILES string of the molecule is Cc1cc(C)nc(NCCCC(NC(=O)c2ccccc2)C(=O)CC(Cc2ccccc2)C(=O)O)n1. The summed E-state index contributed by atoms with van der Waals surface area (Å²) < 4.78 is 0. The third kappa shape index (κ3) is 8.30. The number of hydrogen-bond donors (Lipinski definition) is 3. The highest BCUT2D eigenvalue weighted by molar-refractivity contribution is 5.98. The van der Waals surface area contributed by atoms with E-state index in [0.717, 1.165) is 17.0 Å². The average Bonchev–Trinajstić information content (AvgIpc) is 2.85. The zero-order chi connectivity index (χ0) is 25.9. The summed E-state index contributed by atoms with van der Waals surface area (Å²) in [7, 11) is 0. The van der Waals surface area contributed by atoms with Gasteiger partial charge in [-0.2, -0.15) is 0 Å². The largest absolute Gasteiger partial charge is 0.481 e. The van der Waals surface area contributed by atoms with Gasteiger partial charge in [0.1, 0.15) is 0 Å². The Balaban J connectivity index is 1.66. The number of amides is 1. The molecule has 8 heteroatoms. The van der Waals surface area contributed by atoms with Gasteiger partial charge in [0.15, 0.2) is 5.78 Å². The third-order valence-electron chi connectivity index (χ3n) is 5.79. The standard InChI is InChI=1S/C28H32N4O4/c1-19-16-20(2)31-28(30-19)29-15-9-14-24(32-26(34)22-12-7-4-8-13-22)25(33)18-23(27(35)36)17-21-10-5-3-6-11-21/h3-8,10-13,16,23-24H,9,14-15,17-18H2,1-2H3,(H,32,34)(H,35,36)(H,29,30,31). The molecule has 0 bridgehead atoms. The number of anilines is 1. The minimum Gasteiger partial charge on any atom is -0.481 e. The van der Waals surface area contributed by atoms with Gasteiger partial charge in [0, 0.05) is 29.9 Å². The second-order valence-electron chi connectivity index (χ2n) is 8.83. The van der Waals surface area contributed by atoms with Crippen LogP contribution in [0.1, 0.15) is 46.6 Å². The molecule has 0 aliphatic heterocycles. The molecule has 3 N–H and O–H groups in total. The highest BCUT2D eigenvalue weighted by atomic mass is 16.4. The number of rotatable bonds is 13. The first-order valence-electron chi connectivity index (χ1n) is 12.0. The highest BCUT2D eigenvalue weighted by Gasteiger charge is 2.27. The van der Waals surface area contributed by atoms with Crippen LogP contribution in [0.15, 0.2) is 66.7 Å². The van der Waals surface area contributed by atoms with Crippen molar-refractivity contribution in [2.45, 2.75) is 45.6 Å². The molecule has 0 saturated heterocycles. The Hall–Kier alpha value is -4.07.